The molecule has 0 aromatic heterocycles. The van der Waals surface area contributed by atoms with Crippen LogP contribution < -0.4 is 0 Å². The summed E-state index contributed by atoms with van der Waals surface area (Å²) >= 11 is 175. The van der Waals surface area contributed by atoms with Gasteiger partial charge in [0.15, 0.2) is 0 Å². The van der Waals surface area contributed by atoms with Gasteiger partial charge in [-0.2, -0.15) is 0 Å². The fraction of sp³-hybridized carbons (Fsp3) is 0. The molecule has 0 fully saturated rings. The van der Waals surface area contributed by atoms with Gasteiger partial charge >= 0.3 is 0 Å². The molecule has 2 aliphatic rings. The van der Waals surface area contributed by atoms with Crippen LogP contribution >= 0.6 is 302 Å². The van der Waals surface area contributed by atoms with Crippen molar-refractivity contribution < 1.29 is 9.59 Å². The lowest BCUT2D eigenvalue weighted by molar-refractivity contribution is -0.112. The Morgan fingerprint density at radius 3 is 0.530 bits per heavy atom. The molecule has 0 amide bonds. The zero-order valence-corrected chi connectivity index (χ0v) is 49.3. The molecule has 0 aliphatic heterocycles. The predicted molar refractivity (Wildman–Crippen MR) is 292 cm³/mol. The largest absolute Gasteiger partial charge is 0.286 e. The maximum Gasteiger partial charge on any atom is 0.218 e. The molecule has 346 valence electrons. The van der Waals surface area contributed by atoms with E-state index in [2.05, 4.69) is 0 Å². The van der Waals surface area contributed by atoms with Crippen molar-refractivity contribution in [3.63, 3.8) is 0 Å². The van der Waals surface area contributed by atoms with Crippen molar-refractivity contribution in [2.45, 2.75) is 0 Å². The van der Waals surface area contributed by atoms with Crippen molar-refractivity contribution in [1.29, 1.82) is 0 Å². The first-order valence-electron chi connectivity index (χ1n) is 16.1. The molecule has 0 unspecified atom stereocenters. The third kappa shape index (κ3) is 9.27. The van der Waals surface area contributed by atoms with Crippen LogP contribution in [0.5, 0.6) is 0 Å². The van der Waals surface area contributed by atoms with E-state index in [1.54, 1.807) is 0 Å². The first kappa shape index (κ1) is 57.5. The molecule has 0 atom stereocenters. The Labute approximate surface area is 502 Å². The molecule has 6 rings (SSSR count). The molecular formula is C38Cl26O2. The summed E-state index contributed by atoms with van der Waals surface area (Å²) in [5, 5.41) is -11.7. The highest BCUT2D eigenvalue weighted by molar-refractivity contribution is 6.66. The van der Waals surface area contributed by atoms with Crippen LogP contribution in [-0.4, -0.2) is 11.6 Å². The van der Waals surface area contributed by atoms with E-state index < -0.39 is 92.0 Å². The van der Waals surface area contributed by atoms with Crippen molar-refractivity contribution in [3.8, 4) is 11.1 Å². The van der Waals surface area contributed by atoms with Crippen LogP contribution in [-0.2, 0) is 9.59 Å². The number of rotatable bonds is 5. The summed E-state index contributed by atoms with van der Waals surface area (Å²) in [6.07, 6.45) is 0. The minimum atomic E-state index is -0.962. The van der Waals surface area contributed by atoms with Crippen LogP contribution in [0.2, 0.25) is 90.4 Å². The Morgan fingerprint density at radius 2 is 0.348 bits per heavy atom. The topological polar surface area (TPSA) is 34.1 Å². The van der Waals surface area contributed by atoms with E-state index in [1.807, 2.05) is 0 Å². The molecule has 2 aliphatic carbocycles. The van der Waals surface area contributed by atoms with Gasteiger partial charge in [0.2, 0.25) is 11.6 Å². The molecule has 28 heteroatoms. The van der Waals surface area contributed by atoms with Crippen molar-refractivity contribution >= 4 is 324 Å². The summed E-state index contributed by atoms with van der Waals surface area (Å²) in [6.45, 7) is 0. The van der Waals surface area contributed by atoms with Gasteiger partial charge in [0.05, 0.1) is 111 Å². The highest BCUT2D eigenvalue weighted by atomic mass is 35.5. The van der Waals surface area contributed by atoms with Crippen molar-refractivity contribution in [2.24, 2.45) is 0 Å². The number of allylic oxidation sites excluding steroid dienone is 10. The summed E-state index contributed by atoms with van der Waals surface area (Å²) in [5.74, 6) is -1.92. The second kappa shape index (κ2) is 21.8. The normalized spacial score (nSPS) is 14.9. The van der Waals surface area contributed by atoms with E-state index in [9.17, 15) is 9.59 Å². The van der Waals surface area contributed by atoms with E-state index in [0.717, 1.165) is 0 Å². The number of carbonyl (C=O) groups excluding carboxylic acids is 2. The molecule has 66 heavy (non-hydrogen) atoms. The Morgan fingerprint density at radius 1 is 0.197 bits per heavy atom. The van der Waals surface area contributed by atoms with Gasteiger partial charge in [-0.05, 0) is 0 Å². The maximum absolute atomic E-state index is 12.9. The highest BCUT2D eigenvalue weighted by Crippen LogP contribution is 2.62. The van der Waals surface area contributed by atoms with Gasteiger partial charge in [-0.3, -0.25) is 9.59 Å². The molecule has 2 nitrogen and oxygen atoms in total. The van der Waals surface area contributed by atoms with E-state index in [0.29, 0.717) is 0 Å². The van der Waals surface area contributed by atoms with Gasteiger partial charge in [-0.1, -0.05) is 302 Å². The van der Waals surface area contributed by atoms with Crippen molar-refractivity contribution in [1.82, 2.24) is 0 Å². The average Bonchev–Trinajstić information content (AvgIpc) is 3.28. The predicted octanol–water partition coefficient (Wildman–Crippen LogP) is 24.6. The maximum atomic E-state index is 12.9. The van der Waals surface area contributed by atoms with Crippen molar-refractivity contribution in [3.05, 3.63) is 164 Å². The number of benzene rings is 4. The Bertz CT molecular complexity index is 2830. The minimum absolute atomic E-state index is 0.268. The first-order valence-corrected chi connectivity index (χ1v) is 25.9. The summed E-state index contributed by atoms with van der Waals surface area (Å²) in [4.78, 5) is 25.8. The lowest BCUT2D eigenvalue weighted by Gasteiger charge is -2.27. The highest BCUT2D eigenvalue weighted by Gasteiger charge is 2.40. The number of hydrogen-bond acceptors (Lipinski definition) is 2. The molecule has 0 radical (unpaired) electrons. The number of Topliss-reactive ketones (excluding diaryl/α,β-unsaturated/α-hetero) is 2. The lowest BCUT2D eigenvalue weighted by atomic mass is 9.87. The molecule has 4 aromatic carbocycles. The molecule has 0 bridgehead atoms. The van der Waals surface area contributed by atoms with Crippen LogP contribution in [0.1, 0.15) is 22.3 Å². The average molecular weight is 1410 g/mol. The molecule has 0 spiro atoms. The smallest absolute Gasteiger partial charge is 0.218 e. The molecule has 4 aromatic rings. The zero-order chi connectivity index (χ0) is 49.9. The van der Waals surface area contributed by atoms with Gasteiger partial charge in [-0.15, -0.1) is 0 Å². The SMILES string of the molecule is O=C1C(Cl)=C(Cl)C(=C(c2c(Cl)c(Cl)c(Cl)c(Cl)c2Cl)c2c(Cl)c(Cl)c(-c3c(Cl)c(Cl)c(C(=C4C(Cl)=C(Cl)C(=O)C(Cl)=C4Cl)c4c(Cl)c(Cl)c(Cl)c(Cl)c4Cl)c(Cl)c3Cl)c(Cl)c2Cl)C(Cl)=C1Cl. The van der Waals surface area contributed by atoms with Gasteiger partial charge in [-0.25, -0.2) is 0 Å². The lowest BCUT2D eigenvalue weighted by Crippen LogP contribution is -2.12. The van der Waals surface area contributed by atoms with E-state index >= 15 is 0 Å². The molecule has 0 saturated heterocycles. The fourth-order valence-corrected chi connectivity index (χ4v) is 13.4. The Hall–Kier alpha value is 2.20. The Balaban J connectivity index is 1.81. The van der Waals surface area contributed by atoms with E-state index in [1.165, 1.54) is 0 Å². The molecular weight excluding hydrogens is 1410 g/mol. The number of halogens is 26. The molecule has 0 heterocycles. The summed E-state index contributed by atoms with van der Waals surface area (Å²) in [5.41, 5.74) is -3.24. The second-order valence-corrected chi connectivity index (χ2v) is 22.4. The zero-order valence-electron chi connectivity index (χ0n) is 29.6. The third-order valence-corrected chi connectivity index (χ3v) is 20.4. The van der Waals surface area contributed by atoms with E-state index in [4.69, 9.17) is 302 Å². The van der Waals surface area contributed by atoms with Gasteiger partial charge in [0, 0.05) is 55.7 Å². The summed E-state index contributed by atoms with van der Waals surface area (Å²) < 4.78 is 0. The number of ketones is 2. The van der Waals surface area contributed by atoms with Crippen LogP contribution in [0.4, 0.5) is 0 Å². The number of hydrogen-bond donors (Lipinski definition) is 0. The van der Waals surface area contributed by atoms with Gasteiger partial charge in [0.25, 0.3) is 0 Å². The van der Waals surface area contributed by atoms with Crippen molar-refractivity contribution in [2.75, 3.05) is 0 Å². The third-order valence-electron chi connectivity index (χ3n) is 9.14. The van der Waals surface area contributed by atoms with Crippen LogP contribution in [0.15, 0.2) is 51.4 Å². The molecule has 0 N–H and O–H groups in total. The van der Waals surface area contributed by atoms with Gasteiger partial charge in [0.1, 0.15) is 20.1 Å². The summed E-state index contributed by atoms with van der Waals surface area (Å²) in [6, 6.07) is 0. The minimum Gasteiger partial charge on any atom is -0.286 e. The Kier molecular flexibility index (Phi) is 19.0. The second-order valence-electron chi connectivity index (χ2n) is 12.6. The van der Waals surface area contributed by atoms with Crippen LogP contribution in [0, 0.1) is 0 Å². The monoisotopic (exact) mass is 1400 g/mol. The fourth-order valence-electron chi connectivity index (χ4n) is 6.20. The van der Waals surface area contributed by atoms with Gasteiger partial charge < -0.3 is 0 Å². The standard InChI is InChI=1S/C38Cl26O2/c39-11-3(1(5-19(47)27(55)31(59)28(56)20(5)48)7-23(51)33(61)37(65)34(62)24(7)52)12(40)16(44)9(15(11)43)10-17(45)13(41)4(14(42)18(10)46)2(6-21(49)29(57)32(60)30(58)22(6)50)8-25(53)35(63)38(66)36(64)26(8)54. The van der Waals surface area contributed by atoms with Crippen LogP contribution in [0.3, 0.4) is 0 Å². The van der Waals surface area contributed by atoms with E-state index in [-0.39, 0.29) is 106 Å². The van der Waals surface area contributed by atoms with Crippen LogP contribution in [0.25, 0.3) is 22.3 Å². The quantitative estimate of drug-likeness (QED) is 0.147. The first-order chi connectivity index (χ1) is 30.5. The number of carbonyl (C=O) groups is 2. The molecule has 0 saturated carbocycles. The summed E-state index contributed by atoms with van der Waals surface area (Å²) in [7, 11) is 0.